The third kappa shape index (κ3) is 1.71. The van der Waals surface area contributed by atoms with Gasteiger partial charge in [0.1, 0.15) is 0 Å². The molecule has 0 aromatic rings. The highest BCUT2D eigenvalue weighted by Gasteiger charge is 2.12. The summed E-state index contributed by atoms with van der Waals surface area (Å²) in [4.78, 5) is 1.33. The molecule has 0 saturated heterocycles. The van der Waals surface area contributed by atoms with Crippen molar-refractivity contribution in [2.75, 3.05) is 6.61 Å². The second-order valence-electron chi connectivity index (χ2n) is 2.00. The molecule has 0 bridgehead atoms. The molecule has 9 heavy (non-hydrogen) atoms. The second kappa shape index (κ2) is 3.25. The van der Waals surface area contributed by atoms with E-state index in [1.807, 2.05) is 0 Å². The molecule has 0 radical (unpaired) electrons. The van der Waals surface area contributed by atoms with Crippen LogP contribution in [0.4, 0.5) is 0 Å². The number of hydrogen-bond acceptors (Lipinski definition) is 3. The first kappa shape index (κ1) is 7.12. The molecule has 3 heteroatoms. The topological polar surface area (TPSA) is 32.3 Å². The van der Waals surface area contributed by atoms with Crippen molar-refractivity contribution in [3.63, 3.8) is 0 Å². The first-order valence-corrected chi connectivity index (χ1v) is 3.92. The Kier molecular flexibility index (Phi) is 2.57. The van der Waals surface area contributed by atoms with Crippen LogP contribution in [0.5, 0.6) is 0 Å². The van der Waals surface area contributed by atoms with Crippen LogP contribution in [0.25, 0.3) is 0 Å². The van der Waals surface area contributed by atoms with Gasteiger partial charge < -0.3 is 5.11 Å². The summed E-state index contributed by atoms with van der Waals surface area (Å²) < 4.78 is 3.08. The lowest BCUT2D eigenvalue weighted by Gasteiger charge is -1.99. The molecule has 1 aliphatic heterocycles. The smallest absolute Gasteiger partial charge is 0.0629 e. The van der Waals surface area contributed by atoms with E-state index in [9.17, 15) is 0 Å². The molecule has 0 aromatic carbocycles. The number of rotatable bonds is 2. The average molecular weight is 145 g/mol. The Morgan fingerprint density at radius 1 is 1.89 bits per heavy atom. The Labute approximate surface area is 59.5 Å². The van der Waals surface area contributed by atoms with Crippen molar-refractivity contribution in [3.8, 4) is 0 Å². The lowest BCUT2D eigenvalue weighted by molar-refractivity contribution is 0.279. The van der Waals surface area contributed by atoms with Gasteiger partial charge in [0.15, 0.2) is 0 Å². The van der Waals surface area contributed by atoms with E-state index in [0.29, 0.717) is 0 Å². The zero-order valence-electron chi connectivity index (χ0n) is 5.42. The molecular formula is C6H11NOS. The lowest BCUT2D eigenvalue weighted by atomic mass is 10.3. The van der Waals surface area contributed by atoms with Gasteiger partial charge in [-0.3, -0.25) is 4.72 Å². The maximum Gasteiger partial charge on any atom is 0.0629 e. The minimum atomic E-state index is 0.185. The van der Waals surface area contributed by atoms with Gasteiger partial charge in [-0.25, -0.2) is 0 Å². The Balaban J connectivity index is 2.40. The predicted molar refractivity (Wildman–Crippen MR) is 40.0 cm³/mol. The summed E-state index contributed by atoms with van der Waals surface area (Å²) in [7, 11) is 0. The molecule has 0 aliphatic carbocycles. The highest BCUT2D eigenvalue weighted by atomic mass is 32.2. The molecule has 1 heterocycles. The van der Waals surface area contributed by atoms with Gasteiger partial charge in [0.2, 0.25) is 0 Å². The lowest BCUT2D eigenvalue weighted by Crippen LogP contribution is -2.19. The van der Waals surface area contributed by atoms with Crippen molar-refractivity contribution in [1.29, 1.82) is 0 Å². The molecule has 1 unspecified atom stereocenters. The number of aliphatic hydroxyl groups excluding tert-OH is 1. The molecular weight excluding hydrogens is 134 g/mol. The Bertz CT molecular complexity index is 124. The molecule has 0 saturated carbocycles. The van der Waals surface area contributed by atoms with Crippen molar-refractivity contribution >= 4 is 11.9 Å². The largest absolute Gasteiger partial charge is 0.394 e. The second-order valence-corrected chi connectivity index (χ2v) is 2.96. The van der Waals surface area contributed by atoms with Crippen LogP contribution in [0.1, 0.15) is 13.3 Å². The summed E-state index contributed by atoms with van der Waals surface area (Å²) in [5.74, 6) is 0. The van der Waals surface area contributed by atoms with Crippen LogP contribution in [0, 0.1) is 0 Å². The standard InChI is InChI=1S/C6H11NOS/c1-2-6-3-5(4-8)7-9-6/h3,5,7-8H,2,4H2,1H3. The van der Waals surface area contributed by atoms with Gasteiger partial charge >= 0.3 is 0 Å². The highest BCUT2D eigenvalue weighted by molar-refractivity contribution is 8.01. The molecule has 2 nitrogen and oxygen atoms in total. The fourth-order valence-corrected chi connectivity index (χ4v) is 1.55. The zero-order valence-corrected chi connectivity index (χ0v) is 6.24. The number of allylic oxidation sites excluding steroid dienone is 1. The van der Waals surface area contributed by atoms with E-state index in [4.69, 9.17) is 5.11 Å². The van der Waals surface area contributed by atoms with Crippen LogP contribution >= 0.6 is 11.9 Å². The summed E-state index contributed by atoms with van der Waals surface area (Å²) in [5.41, 5.74) is 0. The molecule has 1 atom stereocenters. The first-order chi connectivity index (χ1) is 4.36. The average Bonchev–Trinajstić information content (AvgIpc) is 2.34. The monoisotopic (exact) mass is 145 g/mol. The Morgan fingerprint density at radius 3 is 3.00 bits per heavy atom. The van der Waals surface area contributed by atoms with Gasteiger partial charge in [0, 0.05) is 0 Å². The minimum absolute atomic E-state index is 0.185. The van der Waals surface area contributed by atoms with E-state index in [-0.39, 0.29) is 12.6 Å². The summed E-state index contributed by atoms with van der Waals surface area (Å²) in [5, 5.41) is 8.66. The maximum atomic E-state index is 8.66. The van der Waals surface area contributed by atoms with E-state index in [2.05, 4.69) is 17.7 Å². The third-order valence-electron chi connectivity index (χ3n) is 1.27. The van der Waals surface area contributed by atoms with Gasteiger partial charge in [-0.1, -0.05) is 13.0 Å². The van der Waals surface area contributed by atoms with Gasteiger partial charge in [-0.2, -0.15) is 0 Å². The van der Waals surface area contributed by atoms with Crippen LogP contribution in [-0.2, 0) is 0 Å². The summed E-state index contributed by atoms with van der Waals surface area (Å²) in [6.07, 6.45) is 3.14. The molecule has 52 valence electrons. The van der Waals surface area contributed by atoms with Crippen LogP contribution in [0.15, 0.2) is 11.0 Å². The molecule has 1 aliphatic rings. The molecule has 0 spiro atoms. The third-order valence-corrected chi connectivity index (χ3v) is 2.38. The molecule has 0 fully saturated rings. The van der Waals surface area contributed by atoms with Crippen molar-refractivity contribution in [2.24, 2.45) is 0 Å². The van der Waals surface area contributed by atoms with E-state index in [0.717, 1.165) is 6.42 Å². The summed E-state index contributed by atoms with van der Waals surface area (Å²) in [6.45, 7) is 2.32. The van der Waals surface area contributed by atoms with E-state index in [1.165, 1.54) is 4.91 Å². The number of nitrogens with one attached hydrogen (secondary N) is 1. The maximum absolute atomic E-state index is 8.66. The minimum Gasteiger partial charge on any atom is -0.394 e. The first-order valence-electron chi connectivity index (χ1n) is 3.10. The number of hydrogen-bond donors (Lipinski definition) is 2. The Hall–Kier alpha value is 0.0100. The molecule has 2 N–H and O–H groups in total. The van der Waals surface area contributed by atoms with Crippen LogP contribution in [0.2, 0.25) is 0 Å². The van der Waals surface area contributed by atoms with Crippen molar-refractivity contribution in [1.82, 2.24) is 4.72 Å². The predicted octanol–water partition coefficient (Wildman–Crippen LogP) is 0.893. The van der Waals surface area contributed by atoms with Crippen molar-refractivity contribution in [3.05, 3.63) is 11.0 Å². The zero-order chi connectivity index (χ0) is 6.69. The van der Waals surface area contributed by atoms with Crippen LogP contribution < -0.4 is 4.72 Å². The van der Waals surface area contributed by atoms with Gasteiger partial charge in [0.25, 0.3) is 0 Å². The number of aliphatic hydroxyl groups is 1. The summed E-state index contributed by atoms with van der Waals surface area (Å²) in [6, 6.07) is 0.185. The fraction of sp³-hybridized carbons (Fsp3) is 0.667. The quantitative estimate of drug-likeness (QED) is 0.566. The van der Waals surface area contributed by atoms with Gasteiger partial charge in [-0.05, 0) is 23.3 Å². The van der Waals surface area contributed by atoms with Crippen molar-refractivity contribution in [2.45, 2.75) is 19.4 Å². The van der Waals surface area contributed by atoms with Crippen LogP contribution in [-0.4, -0.2) is 17.8 Å². The highest BCUT2D eigenvalue weighted by Crippen LogP contribution is 2.22. The molecule has 0 amide bonds. The SMILES string of the molecule is CCC1=CC(CO)NS1. The van der Waals surface area contributed by atoms with E-state index in [1.54, 1.807) is 11.9 Å². The fourth-order valence-electron chi connectivity index (χ4n) is 0.724. The summed E-state index contributed by atoms with van der Waals surface area (Å²) >= 11 is 1.63. The van der Waals surface area contributed by atoms with E-state index >= 15 is 0 Å². The normalized spacial score (nSPS) is 26.4. The molecule has 0 aromatic heterocycles. The van der Waals surface area contributed by atoms with Crippen LogP contribution in [0.3, 0.4) is 0 Å². The van der Waals surface area contributed by atoms with Gasteiger partial charge in [0.05, 0.1) is 12.6 Å². The van der Waals surface area contributed by atoms with E-state index < -0.39 is 0 Å². The molecule has 1 rings (SSSR count). The Morgan fingerprint density at radius 2 is 2.67 bits per heavy atom. The van der Waals surface area contributed by atoms with Crippen molar-refractivity contribution < 1.29 is 5.11 Å². The van der Waals surface area contributed by atoms with Gasteiger partial charge in [-0.15, -0.1) is 0 Å².